The van der Waals surface area contributed by atoms with Crippen molar-refractivity contribution in [3.8, 4) is 11.1 Å². The lowest BCUT2D eigenvalue weighted by molar-refractivity contribution is 0.102. The summed E-state index contributed by atoms with van der Waals surface area (Å²) < 4.78 is 0. The molecule has 0 saturated heterocycles. The number of rotatable bonds is 13. The summed E-state index contributed by atoms with van der Waals surface area (Å²) in [5, 5.41) is 31.9. The first-order valence-electron chi connectivity index (χ1n) is 14.3. The molecule has 0 atom stereocenters. The molecule has 226 valence electrons. The van der Waals surface area contributed by atoms with E-state index in [-0.39, 0.29) is 24.8 Å². The highest BCUT2D eigenvalue weighted by Crippen LogP contribution is 2.38. The van der Waals surface area contributed by atoms with Crippen molar-refractivity contribution < 1.29 is 15.0 Å². The predicted octanol–water partition coefficient (Wildman–Crippen LogP) is 4.81. The van der Waals surface area contributed by atoms with E-state index in [9.17, 15) is 4.79 Å². The minimum absolute atomic E-state index is 0.0552. The molecule has 6 N–H and O–H groups in total. The molecule has 0 spiro atoms. The van der Waals surface area contributed by atoms with Crippen LogP contribution in [-0.2, 0) is 13.1 Å². The Hall–Kier alpha value is -4.45. The van der Waals surface area contributed by atoms with Crippen molar-refractivity contribution in [1.29, 1.82) is 0 Å². The summed E-state index contributed by atoms with van der Waals surface area (Å²) in [6, 6.07) is 18.9. The van der Waals surface area contributed by atoms with Gasteiger partial charge < -0.3 is 31.5 Å². The second kappa shape index (κ2) is 14.8. The van der Waals surface area contributed by atoms with E-state index in [1.54, 1.807) is 24.5 Å². The maximum atomic E-state index is 13.0. The number of hydrogen-bond acceptors (Lipinski definition) is 9. The van der Waals surface area contributed by atoms with Gasteiger partial charge in [0.05, 0.1) is 23.9 Å². The number of amides is 1. The van der Waals surface area contributed by atoms with E-state index in [4.69, 9.17) is 21.8 Å². The molecule has 0 fully saturated rings. The van der Waals surface area contributed by atoms with Gasteiger partial charge in [0.25, 0.3) is 5.91 Å². The fraction of sp³-hybridized carbons (Fsp3) is 0.212. The zero-order chi connectivity index (χ0) is 30.9. The highest BCUT2D eigenvalue weighted by Gasteiger charge is 2.16. The van der Waals surface area contributed by atoms with Crippen LogP contribution in [0.25, 0.3) is 22.0 Å². The van der Waals surface area contributed by atoms with Crippen LogP contribution in [0, 0.1) is 6.92 Å². The van der Waals surface area contributed by atoms with Crippen LogP contribution in [0.15, 0.2) is 79.3 Å². The standard InChI is InChI=1S/C33H34ClN7O3/c1-21-25(4-2-6-27(21)40-32-31-24(10-11-37-32)16-23(20-39-31)18-36-13-15-43)26-5-3-7-28(30(26)34)41-33(44)29-9-8-22(19-38-29)17-35-12-14-42/h2-11,16,19-20,35-36,42-43H,12-15,17-18H2,1H3,(H,37,40)(H,41,44). The van der Waals surface area contributed by atoms with Gasteiger partial charge in [-0.2, -0.15) is 0 Å². The van der Waals surface area contributed by atoms with Crippen molar-refractivity contribution in [3.05, 3.63) is 107 Å². The zero-order valence-electron chi connectivity index (χ0n) is 24.3. The molecule has 0 unspecified atom stereocenters. The summed E-state index contributed by atoms with van der Waals surface area (Å²) in [5.41, 5.74) is 6.89. The van der Waals surface area contributed by atoms with Gasteiger partial charge in [-0.3, -0.25) is 14.8 Å². The Morgan fingerprint density at radius 3 is 2.25 bits per heavy atom. The molecule has 3 heterocycles. The summed E-state index contributed by atoms with van der Waals surface area (Å²) in [6.07, 6.45) is 5.19. The largest absolute Gasteiger partial charge is 0.395 e. The molecule has 0 aliphatic rings. The van der Waals surface area contributed by atoms with Crippen molar-refractivity contribution in [2.45, 2.75) is 20.0 Å². The lowest BCUT2D eigenvalue weighted by Crippen LogP contribution is -2.18. The topological polar surface area (TPSA) is 144 Å². The Bertz CT molecular complexity index is 1750. The number of fused-ring (bicyclic) bond motifs is 1. The maximum absolute atomic E-state index is 13.0. The third-order valence-corrected chi connectivity index (χ3v) is 7.48. The van der Waals surface area contributed by atoms with Gasteiger partial charge in [0.2, 0.25) is 0 Å². The number of aromatic nitrogens is 3. The molecule has 3 aromatic heterocycles. The number of nitrogens with one attached hydrogen (secondary N) is 4. The van der Waals surface area contributed by atoms with Crippen molar-refractivity contribution >= 4 is 45.6 Å². The molecule has 1 amide bonds. The number of pyridine rings is 3. The number of halogens is 1. The fourth-order valence-corrected chi connectivity index (χ4v) is 5.07. The fourth-order valence-electron chi connectivity index (χ4n) is 4.79. The molecule has 0 bridgehead atoms. The van der Waals surface area contributed by atoms with E-state index in [1.807, 2.05) is 55.6 Å². The third kappa shape index (κ3) is 7.36. The number of aliphatic hydroxyl groups excluding tert-OH is 2. The van der Waals surface area contributed by atoms with Crippen LogP contribution >= 0.6 is 11.6 Å². The number of benzene rings is 2. The Morgan fingerprint density at radius 2 is 1.52 bits per heavy atom. The van der Waals surface area contributed by atoms with Crippen LogP contribution in [0.3, 0.4) is 0 Å². The predicted molar refractivity (Wildman–Crippen MR) is 174 cm³/mol. The lowest BCUT2D eigenvalue weighted by Gasteiger charge is -2.16. The summed E-state index contributed by atoms with van der Waals surface area (Å²) >= 11 is 6.87. The molecule has 5 aromatic rings. The van der Waals surface area contributed by atoms with Crippen LogP contribution in [0.5, 0.6) is 0 Å². The third-order valence-electron chi connectivity index (χ3n) is 7.07. The van der Waals surface area contributed by atoms with Crippen LogP contribution in [0.1, 0.15) is 27.2 Å². The molecule has 10 nitrogen and oxygen atoms in total. The van der Waals surface area contributed by atoms with Gasteiger partial charge in [-0.25, -0.2) is 4.98 Å². The first kappa shape index (κ1) is 31.0. The number of hydrogen-bond donors (Lipinski definition) is 6. The van der Waals surface area contributed by atoms with E-state index < -0.39 is 0 Å². The monoisotopic (exact) mass is 611 g/mol. The summed E-state index contributed by atoms with van der Waals surface area (Å²) in [5.74, 6) is 0.264. The van der Waals surface area contributed by atoms with Gasteiger partial charge in [0.1, 0.15) is 11.2 Å². The van der Waals surface area contributed by atoms with Gasteiger partial charge in [-0.15, -0.1) is 0 Å². The van der Waals surface area contributed by atoms with E-state index in [0.29, 0.717) is 42.7 Å². The van der Waals surface area contributed by atoms with Crippen LogP contribution in [-0.4, -0.2) is 57.4 Å². The Balaban J connectivity index is 1.35. The van der Waals surface area contributed by atoms with Gasteiger partial charge in [0.15, 0.2) is 5.82 Å². The first-order chi connectivity index (χ1) is 21.5. The van der Waals surface area contributed by atoms with Gasteiger partial charge in [0, 0.05) is 61.4 Å². The average molecular weight is 612 g/mol. The maximum Gasteiger partial charge on any atom is 0.274 e. The second-order valence-electron chi connectivity index (χ2n) is 10.2. The smallest absolute Gasteiger partial charge is 0.274 e. The van der Waals surface area contributed by atoms with Gasteiger partial charge >= 0.3 is 0 Å². The molecule has 0 aliphatic heterocycles. The molecule has 11 heteroatoms. The Kier molecular flexibility index (Phi) is 10.4. The molecule has 44 heavy (non-hydrogen) atoms. The second-order valence-corrected chi connectivity index (χ2v) is 10.5. The van der Waals surface area contributed by atoms with Gasteiger partial charge in [-0.1, -0.05) is 41.9 Å². The first-order valence-corrected chi connectivity index (χ1v) is 14.6. The number of carbonyl (C=O) groups is 1. The van der Waals surface area contributed by atoms with Crippen molar-refractivity contribution in [2.75, 3.05) is 36.9 Å². The molecule has 0 saturated carbocycles. The van der Waals surface area contributed by atoms with Crippen molar-refractivity contribution in [3.63, 3.8) is 0 Å². The highest BCUT2D eigenvalue weighted by atomic mass is 35.5. The van der Waals surface area contributed by atoms with Gasteiger partial charge in [-0.05, 0) is 59.5 Å². The highest BCUT2D eigenvalue weighted by molar-refractivity contribution is 6.36. The number of carbonyl (C=O) groups excluding carboxylic acids is 1. The minimum Gasteiger partial charge on any atom is -0.395 e. The Labute approximate surface area is 260 Å². The van der Waals surface area contributed by atoms with E-state index in [2.05, 4.69) is 42.3 Å². The normalized spacial score (nSPS) is 11.1. The quantitative estimate of drug-likeness (QED) is 0.103. The molecule has 5 rings (SSSR count). The van der Waals surface area contributed by atoms with E-state index in [1.165, 1.54) is 0 Å². The lowest BCUT2D eigenvalue weighted by atomic mass is 9.98. The molecular weight excluding hydrogens is 578 g/mol. The average Bonchev–Trinajstić information content (AvgIpc) is 3.04. The van der Waals surface area contributed by atoms with Crippen LogP contribution < -0.4 is 21.3 Å². The van der Waals surface area contributed by atoms with Crippen LogP contribution in [0.2, 0.25) is 5.02 Å². The number of aliphatic hydroxyl groups is 2. The molecule has 2 aromatic carbocycles. The van der Waals surface area contributed by atoms with Crippen molar-refractivity contribution in [1.82, 2.24) is 25.6 Å². The number of nitrogens with zero attached hydrogens (tertiary/aromatic N) is 3. The zero-order valence-corrected chi connectivity index (χ0v) is 25.0. The minimum atomic E-state index is -0.368. The SMILES string of the molecule is Cc1c(Nc2nccc3cc(CNCCO)cnc23)cccc1-c1cccc(NC(=O)c2ccc(CNCCO)cn2)c1Cl. The van der Waals surface area contributed by atoms with Crippen LogP contribution in [0.4, 0.5) is 17.2 Å². The Morgan fingerprint density at radius 1 is 0.818 bits per heavy atom. The summed E-state index contributed by atoms with van der Waals surface area (Å²) in [4.78, 5) is 26.5. The number of anilines is 3. The molecule has 0 aliphatic carbocycles. The van der Waals surface area contributed by atoms with Crippen molar-refractivity contribution in [2.24, 2.45) is 0 Å². The summed E-state index contributed by atoms with van der Waals surface area (Å²) in [6.45, 7) is 4.31. The van der Waals surface area contributed by atoms with E-state index in [0.717, 1.165) is 44.4 Å². The summed E-state index contributed by atoms with van der Waals surface area (Å²) in [7, 11) is 0. The van der Waals surface area contributed by atoms with E-state index >= 15 is 0 Å². The molecule has 0 radical (unpaired) electrons. The molecular formula is C33H34ClN7O3.